The van der Waals surface area contributed by atoms with Crippen molar-refractivity contribution in [3.05, 3.63) is 35.9 Å². The van der Waals surface area contributed by atoms with Crippen LogP contribution in [0.4, 0.5) is 0 Å². The number of nitrogens with zero attached hydrogens (tertiary/aromatic N) is 1. The molecule has 0 amide bonds. The first-order valence-electron chi connectivity index (χ1n) is 5.76. The largest absolute Gasteiger partial charge is 0.293 e. The maximum absolute atomic E-state index is 2.72. The summed E-state index contributed by atoms with van der Waals surface area (Å²) in [7, 11) is 0. The number of benzene rings is 1. The maximum Gasteiger partial charge on any atom is 0.0351 e. The number of fused-ring (bicyclic) bond motifs is 1. The van der Waals surface area contributed by atoms with E-state index in [0.717, 1.165) is 12.1 Å². The van der Waals surface area contributed by atoms with E-state index in [-0.39, 0.29) is 0 Å². The van der Waals surface area contributed by atoms with Crippen LogP contribution in [-0.4, -0.2) is 17.5 Å². The number of hydrogen-bond donors (Lipinski definition) is 0. The topological polar surface area (TPSA) is 3.24 Å². The molecule has 2 saturated heterocycles. The minimum Gasteiger partial charge on any atom is -0.293 e. The molecule has 14 heavy (non-hydrogen) atoms. The van der Waals surface area contributed by atoms with Crippen molar-refractivity contribution in [3.63, 3.8) is 0 Å². The van der Waals surface area contributed by atoms with E-state index in [1.807, 2.05) is 0 Å². The zero-order valence-corrected chi connectivity index (χ0v) is 8.52. The monoisotopic (exact) mass is 187 g/mol. The molecule has 3 rings (SSSR count). The van der Waals surface area contributed by atoms with Crippen LogP contribution in [0.25, 0.3) is 0 Å². The van der Waals surface area contributed by atoms with Crippen LogP contribution in [0, 0.1) is 0 Å². The standard InChI is InChI=1S/C13H17N/c1-2-5-11(6-3-1)13-9-8-12-7-4-10-14(12)13/h1-3,5-6,12-13H,4,7-10H2/t12-,13+/m0/s1. The lowest BCUT2D eigenvalue weighted by atomic mass is 10.0. The van der Waals surface area contributed by atoms with Crippen molar-refractivity contribution in [3.8, 4) is 0 Å². The van der Waals surface area contributed by atoms with Gasteiger partial charge in [-0.1, -0.05) is 30.3 Å². The van der Waals surface area contributed by atoms with Crippen LogP contribution in [0.2, 0.25) is 0 Å². The van der Waals surface area contributed by atoms with E-state index in [4.69, 9.17) is 0 Å². The van der Waals surface area contributed by atoms with Crippen molar-refractivity contribution in [1.82, 2.24) is 4.90 Å². The normalized spacial score (nSPS) is 32.0. The highest BCUT2D eigenvalue weighted by Gasteiger charge is 2.36. The molecule has 0 radical (unpaired) electrons. The molecule has 2 heterocycles. The minimum atomic E-state index is 0.726. The van der Waals surface area contributed by atoms with Gasteiger partial charge in [0.2, 0.25) is 0 Å². The molecular formula is C13H17N. The Morgan fingerprint density at radius 3 is 2.71 bits per heavy atom. The molecular weight excluding hydrogens is 170 g/mol. The number of hydrogen-bond acceptors (Lipinski definition) is 1. The molecule has 0 spiro atoms. The fourth-order valence-corrected chi connectivity index (χ4v) is 3.13. The molecule has 1 heteroatoms. The van der Waals surface area contributed by atoms with Crippen molar-refractivity contribution in [1.29, 1.82) is 0 Å². The van der Waals surface area contributed by atoms with Crippen molar-refractivity contribution in [2.24, 2.45) is 0 Å². The van der Waals surface area contributed by atoms with E-state index in [9.17, 15) is 0 Å². The summed E-state index contributed by atoms with van der Waals surface area (Å²) in [5.74, 6) is 0. The van der Waals surface area contributed by atoms with Gasteiger partial charge < -0.3 is 0 Å². The summed E-state index contributed by atoms with van der Waals surface area (Å²) in [6.45, 7) is 1.32. The molecule has 74 valence electrons. The van der Waals surface area contributed by atoms with Gasteiger partial charge in [0.05, 0.1) is 0 Å². The highest BCUT2D eigenvalue weighted by Crippen LogP contribution is 2.40. The van der Waals surface area contributed by atoms with E-state index in [1.54, 1.807) is 0 Å². The summed E-state index contributed by atoms with van der Waals surface area (Å²) in [5.41, 5.74) is 1.52. The second kappa shape index (κ2) is 3.39. The quantitative estimate of drug-likeness (QED) is 0.653. The molecule has 2 aliphatic heterocycles. The first kappa shape index (κ1) is 8.49. The average Bonchev–Trinajstić information content (AvgIpc) is 2.79. The predicted octanol–water partition coefficient (Wildman–Crippen LogP) is 2.99. The van der Waals surface area contributed by atoms with Crippen LogP contribution in [0.3, 0.4) is 0 Å². The Labute approximate surface area is 85.7 Å². The molecule has 1 nitrogen and oxygen atoms in total. The molecule has 1 aromatic carbocycles. The van der Waals surface area contributed by atoms with Crippen LogP contribution in [0.5, 0.6) is 0 Å². The third-order valence-corrected chi connectivity index (χ3v) is 3.78. The third kappa shape index (κ3) is 1.27. The minimum absolute atomic E-state index is 0.726. The highest BCUT2D eigenvalue weighted by molar-refractivity contribution is 5.21. The van der Waals surface area contributed by atoms with Gasteiger partial charge in [-0.15, -0.1) is 0 Å². The molecule has 0 bridgehead atoms. The van der Waals surface area contributed by atoms with Gasteiger partial charge in [0.15, 0.2) is 0 Å². The van der Waals surface area contributed by atoms with Crippen LogP contribution in [-0.2, 0) is 0 Å². The Kier molecular flexibility index (Phi) is 2.06. The van der Waals surface area contributed by atoms with E-state index in [2.05, 4.69) is 35.2 Å². The SMILES string of the molecule is c1ccc([C@H]2CC[C@@H]3CCCN32)cc1. The Hall–Kier alpha value is -0.820. The zero-order valence-electron chi connectivity index (χ0n) is 8.52. The molecule has 2 fully saturated rings. The van der Waals surface area contributed by atoms with Crippen molar-refractivity contribution >= 4 is 0 Å². The fourth-order valence-electron chi connectivity index (χ4n) is 3.13. The molecule has 2 aliphatic rings. The molecule has 0 N–H and O–H groups in total. The molecule has 1 aromatic rings. The van der Waals surface area contributed by atoms with E-state index < -0.39 is 0 Å². The first-order chi connectivity index (χ1) is 6.95. The van der Waals surface area contributed by atoms with Gasteiger partial charge in [-0.2, -0.15) is 0 Å². The molecule has 2 atom stereocenters. The van der Waals surface area contributed by atoms with Gasteiger partial charge in [0.1, 0.15) is 0 Å². The van der Waals surface area contributed by atoms with E-state index in [0.29, 0.717) is 0 Å². The second-order valence-electron chi connectivity index (χ2n) is 4.54. The van der Waals surface area contributed by atoms with Crippen molar-refractivity contribution < 1.29 is 0 Å². The third-order valence-electron chi connectivity index (χ3n) is 3.78. The summed E-state index contributed by atoms with van der Waals surface area (Å²) in [4.78, 5) is 2.72. The van der Waals surface area contributed by atoms with Gasteiger partial charge in [0.25, 0.3) is 0 Å². The van der Waals surface area contributed by atoms with Crippen LogP contribution in [0.1, 0.15) is 37.3 Å². The fraction of sp³-hybridized carbons (Fsp3) is 0.538. The summed E-state index contributed by atoms with van der Waals surface area (Å²) in [6, 6.07) is 12.6. The van der Waals surface area contributed by atoms with Crippen LogP contribution >= 0.6 is 0 Å². The van der Waals surface area contributed by atoms with Crippen LogP contribution < -0.4 is 0 Å². The van der Waals surface area contributed by atoms with E-state index >= 15 is 0 Å². The molecule has 0 saturated carbocycles. The number of rotatable bonds is 1. The van der Waals surface area contributed by atoms with Gasteiger partial charge in [-0.05, 0) is 37.8 Å². The summed E-state index contributed by atoms with van der Waals surface area (Å²) >= 11 is 0. The Bertz CT molecular complexity index is 306. The lowest BCUT2D eigenvalue weighted by Gasteiger charge is -2.23. The average molecular weight is 187 g/mol. The van der Waals surface area contributed by atoms with Crippen molar-refractivity contribution in [2.75, 3.05) is 6.54 Å². The van der Waals surface area contributed by atoms with E-state index in [1.165, 1.54) is 37.8 Å². The highest BCUT2D eigenvalue weighted by atomic mass is 15.2. The van der Waals surface area contributed by atoms with Gasteiger partial charge in [-0.3, -0.25) is 4.90 Å². The second-order valence-corrected chi connectivity index (χ2v) is 4.54. The zero-order chi connectivity index (χ0) is 9.38. The summed E-state index contributed by atoms with van der Waals surface area (Å²) in [6.07, 6.45) is 5.63. The summed E-state index contributed by atoms with van der Waals surface area (Å²) < 4.78 is 0. The lowest BCUT2D eigenvalue weighted by Crippen LogP contribution is -2.25. The molecule has 0 aliphatic carbocycles. The molecule has 0 unspecified atom stereocenters. The lowest BCUT2D eigenvalue weighted by molar-refractivity contribution is 0.248. The Morgan fingerprint density at radius 2 is 1.86 bits per heavy atom. The van der Waals surface area contributed by atoms with Crippen molar-refractivity contribution in [2.45, 2.75) is 37.8 Å². The first-order valence-corrected chi connectivity index (χ1v) is 5.76. The van der Waals surface area contributed by atoms with Gasteiger partial charge >= 0.3 is 0 Å². The van der Waals surface area contributed by atoms with Crippen LogP contribution in [0.15, 0.2) is 30.3 Å². The Balaban J connectivity index is 1.86. The Morgan fingerprint density at radius 1 is 1.00 bits per heavy atom. The van der Waals surface area contributed by atoms with Gasteiger partial charge in [0, 0.05) is 12.1 Å². The molecule has 0 aromatic heterocycles. The smallest absolute Gasteiger partial charge is 0.0351 e. The maximum atomic E-state index is 2.72. The predicted molar refractivity (Wildman–Crippen MR) is 58.1 cm³/mol. The summed E-state index contributed by atoms with van der Waals surface area (Å²) in [5, 5.41) is 0. The van der Waals surface area contributed by atoms with Gasteiger partial charge in [-0.25, -0.2) is 0 Å².